The third kappa shape index (κ3) is 4.62. The zero-order valence-corrected chi connectivity index (χ0v) is 9.91. The molecule has 0 aromatic heterocycles. The van der Waals surface area contributed by atoms with Crippen molar-refractivity contribution in [2.75, 3.05) is 39.5 Å². The lowest BCUT2D eigenvalue weighted by atomic mass is 9.97. The van der Waals surface area contributed by atoms with E-state index in [2.05, 4.69) is 4.90 Å². The predicted molar refractivity (Wildman–Crippen MR) is 57.7 cm³/mol. The van der Waals surface area contributed by atoms with Crippen molar-refractivity contribution in [2.45, 2.75) is 20.8 Å². The number of hydrogen-bond acceptors (Lipinski definition) is 4. The molecule has 0 aromatic carbocycles. The van der Waals surface area contributed by atoms with Crippen LogP contribution in [0, 0.1) is 5.41 Å². The number of morpholine rings is 1. The van der Waals surface area contributed by atoms with E-state index in [-0.39, 0.29) is 5.97 Å². The van der Waals surface area contributed by atoms with Crippen LogP contribution < -0.4 is 0 Å². The summed E-state index contributed by atoms with van der Waals surface area (Å²) in [5, 5.41) is 0. The Bertz CT molecular complexity index is 204. The summed E-state index contributed by atoms with van der Waals surface area (Å²) in [6.07, 6.45) is 0. The number of esters is 1. The molecule has 15 heavy (non-hydrogen) atoms. The van der Waals surface area contributed by atoms with E-state index in [0.717, 1.165) is 32.8 Å². The molecule has 0 radical (unpaired) electrons. The van der Waals surface area contributed by atoms with E-state index in [9.17, 15) is 4.79 Å². The van der Waals surface area contributed by atoms with Gasteiger partial charge in [0.05, 0.1) is 18.6 Å². The van der Waals surface area contributed by atoms with Crippen molar-refractivity contribution >= 4 is 5.97 Å². The van der Waals surface area contributed by atoms with E-state index >= 15 is 0 Å². The fourth-order valence-electron chi connectivity index (χ4n) is 1.31. The lowest BCUT2D eigenvalue weighted by molar-refractivity contribution is -0.153. The van der Waals surface area contributed by atoms with Gasteiger partial charge in [0.2, 0.25) is 0 Å². The molecule has 4 nitrogen and oxygen atoms in total. The van der Waals surface area contributed by atoms with Crippen LogP contribution in [0.4, 0.5) is 0 Å². The summed E-state index contributed by atoms with van der Waals surface area (Å²) >= 11 is 0. The minimum absolute atomic E-state index is 0.129. The highest BCUT2D eigenvalue weighted by Crippen LogP contribution is 2.14. The highest BCUT2D eigenvalue weighted by molar-refractivity contribution is 5.75. The second kappa shape index (κ2) is 5.47. The van der Waals surface area contributed by atoms with Gasteiger partial charge in [0.25, 0.3) is 0 Å². The molecule has 1 heterocycles. The Labute approximate surface area is 91.5 Å². The highest BCUT2D eigenvalue weighted by Gasteiger charge is 2.23. The van der Waals surface area contributed by atoms with Crippen molar-refractivity contribution in [2.24, 2.45) is 5.41 Å². The molecule has 88 valence electrons. The first-order valence-corrected chi connectivity index (χ1v) is 5.47. The summed E-state index contributed by atoms with van der Waals surface area (Å²) in [6, 6.07) is 0. The summed E-state index contributed by atoms with van der Waals surface area (Å²) in [5.41, 5.74) is -0.398. The molecule has 0 unspecified atom stereocenters. The Morgan fingerprint density at radius 3 is 2.47 bits per heavy atom. The molecule has 0 aromatic rings. The van der Waals surface area contributed by atoms with Gasteiger partial charge < -0.3 is 9.47 Å². The van der Waals surface area contributed by atoms with E-state index in [0.29, 0.717) is 6.61 Å². The Balaban J connectivity index is 2.12. The molecule has 1 rings (SSSR count). The maximum Gasteiger partial charge on any atom is 0.311 e. The normalized spacial score (nSPS) is 18.9. The maximum absolute atomic E-state index is 11.4. The molecule has 1 fully saturated rings. The van der Waals surface area contributed by atoms with Crippen molar-refractivity contribution in [3.8, 4) is 0 Å². The van der Waals surface area contributed by atoms with Crippen molar-refractivity contribution < 1.29 is 14.3 Å². The highest BCUT2D eigenvalue weighted by atomic mass is 16.5. The monoisotopic (exact) mass is 215 g/mol. The smallest absolute Gasteiger partial charge is 0.311 e. The summed E-state index contributed by atoms with van der Waals surface area (Å²) in [4.78, 5) is 13.7. The van der Waals surface area contributed by atoms with Crippen LogP contribution in [0.1, 0.15) is 20.8 Å². The van der Waals surface area contributed by atoms with Crippen LogP contribution in [0.2, 0.25) is 0 Å². The summed E-state index contributed by atoms with van der Waals surface area (Å²) in [7, 11) is 0. The van der Waals surface area contributed by atoms with Crippen LogP contribution in [0.15, 0.2) is 0 Å². The van der Waals surface area contributed by atoms with Gasteiger partial charge in [0.15, 0.2) is 0 Å². The average molecular weight is 215 g/mol. The second-order valence-electron chi connectivity index (χ2n) is 4.84. The third-order valence-corrected chi connectivity index (χ3v) is 2.36. The van der Waals surface area contributed by atoms with Crippen LogP contribution in [0.5, 0.6) is 0 Å². The molecule has 1 aliphatic rings. The third-order valence-electron chi connectivity index (χ3n) is 2.36. The van der Waals surface area contributed by atoms with Gasteiger partial charge in [-0.2, -0.15) is 0 Å². The molecule has 0 atom stereocenters. The average Bonchev–Trinajstić information content (AvgIpc) is 2.18. The number of hydrogen-bond donors (Lipinski definition) is 0. The Morgan fingerprint density at radius 1 is 1.33 bits per heavy atom. The molecule has 1 saturated heterocycles. The molecular formula is C11H21NO3. The topological polar surface area (TPSA) is 38.8 Å². The number of carbonyl (C=O) groups is 1. The van der Waals surface area contributed by atoms with E-state index in [1.54, 1.807) is 0 Å². The molecule has 0 spiro atoms. The molecule has 0 saturated carbocycles. The van der Waals surface area contributed by atoms with E-state index in [1.165, 1.54) is 0 Å². The number of rotatable bonds is 3. The van der Waals surface area contributed by atoms with Gasteiger partial charge in [0, 0.05) is 19.6 Å². The van der Waals surface area contributed by atoms with Gasteiger partial charge in [-0.15, -0.1) is 0 Å². The molecule has 0 N–H and O–H groups in total. The lowest BCUT2D eigenvalue weighted by Crippen LogP contribution is -2.39. The molecule has 4 heteroatoms. The molecule has 1 aliphatic heterocycles. The van der Waals surface area contributed by atoms with E-state index in [4.69, 9.17) is 9.47 Å². The van der Waals surface area contributed by atoms with Gasteiger partial charge >= 0.3 is 5.97 Å². The first kappa shape index (κ1) is 12.5. The number of ether oxygens (including phenoxy) is 2. The van der Waals surface area contributed by atoms with Crippen LogP contribution in [0.25, 0.3) is 0 Å². The van der Waals surface area contributed by atoms with Crippen molar-refractivity contribution in [1.29, 1.82) is 0 Å². The summed E-state index contributed by atoms with van der Waals surface area (Å²) in [5.74, 6) is -0.129. The lowest BCUT2D eigenvalue weighted by Gasteiger charge is -2.26. The minimum atomic E-state index is -0.398. The van der Waals surface area contributed by atoms with E-state index < -0.39 is 5.41 Å². The van der Waals surface area contributed by atoms with Gasteiger partial charge in [0.1, 0.15) is 6.61 Å². The largest absolute Gasteiger partial charge is 0.464 e. The van der Waals surface area contributed by atoms with Crippen molar-refractivity contribution in [3.05, 3.63) is 0 Å². The van der Waals surface area contributed by atoms with Gasteiger partial charge in [-0.1, -0.05) is 0 Å². The molecule has 0 amide bonds. The second-order valence-corrected chi connectivity index (χ2v) is 4.84. The van der Waals surface area contributed by atoms with Gasteiger partial charge in [-0.25, -0.2) is 0 Å². The van der Waals surface area contributed by atoms with Gasteiger partial charge in [-0.05, 0) is 20.8 Å². The van der Waals surface area contributed by atoms with Crippen LogP contribution in [-0.2, 0) is 14.3 Å². The van der Waals surface area contributed by atoms with E-state index in [1.807, 2.05) is 20.8 Å². The zero-order chi connectivity index (χ0) is 11.3. The fourth-order valence-corrected chi connectivity index (χ4v) is 1.31. The van der Waals surface area contributed by atoms with Crippen molar-refractivity contribution in [3.63, 3.8) is 0 Å². The standard InChI is InChI=1S/C11H21NO3/c1-11(2,3)10(13)15-9-6-12-4-7-14-8-5-12/h4-9H2,1-3H3. The molecular weight excluding hydrogens is 194 g/mol. The molecule has 0 aliphatic carbocycles. The molecule has 0 bridgehead atoms. The predicted octanol–water partition coefficient (Wildman–Crippen LogP) is 0.908. The zero-order valence-electron chi connectivity index (χ0n) is 9.91. The Hall–Kier alpha value is -0.610. The number of carbonyl (C=O) groups excluding carboxylic acids is 1. The summed E-state index contributed by atoms with van der Waals surface area (Å²) in [6.45, 7) is 10.3. The minimum Gasteiger partial charge on any atom is -0.464 e. The van der Waals surface area contributed by atoms with Crippen LogP contribution in [0.3, 0.4) is 0 Å². The van der Waals surface area contributed by atoms with Gasteiger partial charge in [-0.3, -0.25) is 9.69 Å². The first-order valence-electron chi connectivity index (χ1n) is 5.47. The quantitative estimate of drug-likeness (QED) is 0.656. The maximum atomic E-state index is 11.4. The Kier molecular flexibility index (Phi) is 4.54. The fraction of sp³-hybridized carbons (Fsp3) is 0.909. The van der Waals surface area contributed by atoms with Crippen LogP contribution in [-0.4, -0.2) is 50.3 Å². The first-order chi connectivity index (χ1) is 7.00. The van der Waals surface area contributed by atoms with Crippen LogP contribution >= 0.6 is 0 Å². The Morgan fingerprint density at radius 2 is 1.93 bits per heavy atom. The van der Waals surface area contributed by atoms with Crippen molar-refractivity contribution in [1.82, 2.24) is 4.90 Å². The summed E-state index contributed by atoms with van der Waals surface area (Å²) < 4.78 is 10.4. The number of nitrogens with zero attached hydrogens (tertiary/aromatic N) is 1. The SMILES string of the molecule is CC(C)(C)C(=O)OCCN1CCOCC1.